The molecule has 3 aromatic rings. The summed E-state index contributed by atoms with van der Waals surface area (Å²) in [5, 5.41) is 4.64. The van der Waals surface area contributed by atoms with E-state index in [4.69, 9.17) is 4.74 Å². The quantitative estimate of drug-likeness (QED) is 0.331. The zero-order chi connectivity index (χ0) is 23.3. The lowest BCUT2D eigenvalue weighted by atomic mass is 10.1. The molecule has 0 aliphatic heterocycles. The van der Waals surface area contributed by atoms with Crippen molar-refractivity contribution in [2.75, 3.05) is 20.3 Å². The highest BCUT2D eigenvalue weighted by Gasteiger charge is 2.17. The first-order chi connectivity index (χ1) is 15.2. The van der Waals surface area contributed by atoms with E-state index in [1.54, 1.807) is 24.3 Å². The number of carbonyl (C=O) groups excluding carboxylic acids is 2. The van der Waals surface area contributed by atoms with Crippen molar-refractivity contribution in [2.45, 2.75) is 4.90 Å². The highest BCUT2D eigenvalue weighted by atomic mass is 32.2. The van der Waals surface area contributed by atoms with E-state index in [1.807, 2.05) is 0 Å². The molecule has 0 fully saturated rings. The van der Waals surface area contributed by atoms with Crippen LogP contribution in [0.2, 0.25) is 0 Å². The van der Waals surface area contributed by atoms with Gasteiger partial charge < -0.3 is 4.74 Å². The minimum atomic E-state index is -3.73. The van der Waals surface area contributed by atoms with E-state index in [2.05, 4.69) is 20.7 Å². The van der Waals surface area contributed by atoms with Crippen LogP contribution in [0.4, 0.5) is 0 Å². The van der Waals surface area contributed by atoms with Crippen molar-refractivity contribution in [3.63, 3.8) is 0 Å². The molecule has 11 nitrogen and oxygen atoms in total. The average Bonchev–Trinajstić information content (AvgIpc) is 2.80. The van der Waals surface area contributed by atoms with E-state index in [9.17, 15) is 22.8 Å². The molecule has 0 aliphatic carbocycles. The molecular formula is C20H21N5O6S. The Labute approximate surface area is 183 Å². The first kappa shape index (κ1) is 23.1. The third-order valence-corrected chi connectivity index (χ3v) is 5.96. The van der Waals surface area contributed by atoms with E-state index in [0.717, 1.165) is 4.68 Å². The van der Waals surface area contributed by atoms with Gasteiger partial charge in [0, 0.05) is 31.7 Å². The molecule has 0 saturated carbocycles. The number of benzene rings is 2. The number of nitrogens with one attached hydrogen (secondary N) is 3. The predicted octanol–water partition coefficient (Wildman–Crippen LogP) is -0.0670. The molecule has 1 heterocycles. The topological polar surface area (TPSA) is 148 Å². The molecule has 0 radical (unpaired) electrons. The monoisotopic (exact) mass is 459 g/mol. The van der Waals surface area contributed by atoms with E-state index in [0.29, 0.717) is 10.8 Å². The number of methoxy groups -OCH3 is 1. The smallest absolute Gasteiger partial charge is 0.290 e. The number of ether oxygens (including phenoxy) is 1. The van der Waals surface area contributed by atoms with Gasteiger partial charge in [-0.3, -0.25) is 25.2 Å². The summed E-state index contributed by atoms with van der Waals surface area (Å²) in [6, 6.07) is 11.7. The number of nitrogens with zero attached hydrogens (tertiary/aromatic N) is 2. The van der Waals surface area contributed by atoms with Crippen LogP contribution in [0.25, 0.3) is 10.8 Å². The molecule has 0 unspecified atom stereocenters. The zero-order valence-electron chi connectivity index (χ0n) is 17.3. The maximum atomic E-state index is 12.6. The summed E-state index contributed by atoms with van der Waals surface area (Å²) < 4.78 is 32.5. The van der Waals surface area contributed by atoms with Crippen molar-refractivity contribution in [1.82, 2.24) is 25.4 Å². The number of carbonyl (C=O) groups is 2. The second-order valence-electron chi connectivity index (χ2n) is 6.65. The van der Waals surface area contributed by atoms with E-state index in [-0.39, 0.29) is 34.9 Å². The van der Waals surface area contributed by atoms with Gasteiger partial charge in [-0.15, -0.1) is 0 Å². The minimum absolute atomic E-state index is 0.0185. The zero-order valence-corrected chi connectivity index (χ0v) is 18.1. The molecule has 0 atom stereocenters. The van der Waals surface area contributed by atoms with Crippen LogP contribution in [0, 0.1) is 0 Å². The normalized spacial score (nSPS) is 11.3. The summed E-state index contributed by atoms with van der Waals surface area (Å²) in [5.41, 5.74) is 4.24. The molecule has 0 spiro atoms. The van der Waals surface area contributed by atoms with Gasteiger partial charge in [0.05, 0.1) is 16.9 Å². The van der Waals surface area contributed by atoms with Crippen LogP contribution in [-0.4, -0.2) is 50.3 Å². The largest absolute Gasteiger partial charge is 0.383 e. The Morgan fingerprint density at radius 2 is 1.62 bits per heavy atom. The number of rotatable bonds is 7. The highest BCUT2D eigenvalue weighted by Crippen LogP contribution is 2.13. The average molecular weight is 459 g/mol. The van der Waals surface area contributed by atoms with Gasteiger partial charge in [0.1, 0.15) is 0 Å². The van der Waals surface area contributed by atoms with Crippen molar-refractivity contribution in [3.8, 4) is 0 Å². The lowest BCUT2D eigenvalue weighted by Crippen LogP contribution is -2.42. The molecule has 3 rings (SSSR count). The fraction of sp³-hybridized carbons (Fsp3) is 0.200. The molecule has 12 heteroatoms. The Kier molecular flexibility index (Phi) is 6.98. The lowest BCUT2D eigenvalue weighted by Gasteiger charge is -2.10. The number of sulfonamides is 1. The molecule has 0 aliphatic rings. The number of hydrogen-bond acceptors (Lipinski definition) is 7. The van der Waals surface area contributed by atoms with Crippen LogP contribution >= 0.6 is 0 Å². The van der Waals surface area contributed by atoms with Crippen molar-refractivity contribution in [2.24, 2.45) is 7.05 Å². The fourth-order valence-electron chi connectivity index (χ4n) is 2.86. The van der Waals surface area contributed by atoms with Crippen molar-refractivity contribution >= 4 is 32.6 Å². The molecule has 0 bridgehead atoms. The summed E-state index contributed by atoms with van der Waals surface area (Å²) in [5.74, 6) is -1.38. The first-order valence-electron chi connectivity index (χ1n) is 9.40. The molecule has 0 saturated heterocycles. The number of aryl methyl sites for hydroxylation is 1. The fourth-order valence-corrected chi connectivity index (χ4v) is 3.87. The van der Waals surface area contributed by atoms with Gasteiger partial charge in [0.25, 0.3) is 17.4 Å². The Morgan fingerprint density at radius 1 is 1.00 bits per heavy atom. The van der Waals surface area contributed by atoms with E-state index >= 15 is 0 Å². The van der Waals surface area contributed by atoms with Gasteiger partial charge in [-0.25, -0.2) is 17.8 Å². The van der Waals surface area contributed by atoms with Crippen LogP contribution in [0.3, 0.4) is 0 Å². The number of hydrogen-bond donors (Lipinski definition) is 3. The van der Waals surface area contributed by atoms with Crippen molar-refractivity contribution in [3.05, 3.63) is 70.1 Å². The first-order valence-corrected chi connectivity index (χ1v) is 10.9. The van der Waals surface area contributed by atoms with Crippen LogP contribution in [-0.2, 0) is 21.8 Å². The number of hydrazine groups is 1. The van der Waals surface area contributed by atoms with Crippen LogP contribution in [0.15, 0.2) is 58.2 Å². The van der Waals surface area contributed by atoms with E-state index < -0.39 is 21.8 Å². The maximum Gasteiger partial charge on any atom is 0.290 e. The van der Waals surface area contributed by atoms with Crippen LogP contribution < -0.4 is 21.1 Å². The van der Waals surface area contributed by atoms with Crippen LogP contribution in [0.5, 0.6) is 0 Å². The molecular weight excluding hydrogens is 438 g/mol. The maximum absolute atomic E-state index is 12.6. The van der Waals surface area contributed by atoms with E-state index in [1.165, 1.54) is 38.4 Å². The Balaban J connectivity index is 1.70. The Morgan fingerprint density at radius 3 is 2.28 bits per heavy atom. The molecule has 168 valence electrons. The van der Waals surface area contributed by atoms with Crippen molar-refractivity contribution < 1.29 is 22.7 Å². The van der Waals surface area contributed by atoms with Gasteiger partial charge in [-0.05, 0) is 30.3 Å². The number of aromatic nitrogens is 2. The highest BCUT2D eigenvalue weighted by molar-refractivity contribution is 7.89. The molecule has 2 amide bonds. The molecule has 32 heavy (non-hydrogen) atoms. The summed E-state index contributed by atoms with van der Waals surface area (Å²) >= 11 is 0. The molecule has 2 aromatic carbocycles. The van der Waals surface area contributed by atoms with Crippen LogP contribution in [0.1, 0.15) is 20.8 Å². The number of amides is 2. The van der Waals surface area contributed by atoms with Gasteiger partial charge in [-0.1, -0.05) is 18.2 Å². The molecule has 3 N–H and O–H groups in total. The van der Waals surface area contributed by atoms with Gasteiger partial charge in [0.15, 0.2) is 5.69 Å². The second-order valence-corrected chi connectivity index (χ2v) is 8.41. The Bertz CT molecular complexity index is 1320. The summed E-state index contributed by atoms with van der Waals surface area (Å²) in [4.78, 5) is 37.1. The minimum Gasteiger partial charge on any atom is -0.383 e. The predicted molar refractivity (Wildman–Crippen MR) is 115 cm³/mol. The van der Waals surface area contributed by atoms with Gasteiger partial charge in [-0.2, -0.15) is 5.10 Å². The lowest BCUT2D eigenvalue weighted by molar-refractivity contribution is 0.0844. The molecule has 1 aromatic heterocycles. The third-order valence-electron chi connectivity index (χ3n) is 4.49. The third kappa shape index (κ3) is 4.99. The number of fused-ring (bicyclic) bond motifs is 1. The summed E-state index contributed by atoms with van der Waals surface area (Å²) in [7, 11) is -0.856. The van der Waals surface area contributed by atoms with Gasteiger partial charge in [0.2, 0.25) is 10.0 Å². The summed E-state index contributed by atoms with van der Waals surface area (Å²) in [6.07, 6.45) is 0. The summed E-state index contributed by atoms with van der Waals surface area (Å²) in [6.45, 7) is 0.333. The Hall–Kier alpha value is -3.61. The SMILES string of the molecule is COCCNS(=O)(=O)c1ccc(C(=O)NNC(=O)c2nn(C)c(=O)c3ccccc23)cc1. The standard InChI is InChI=1S/C20H21N5O6S/c1-25-20(28)16-6-4-3-5-15(16)17(24-25)19(27)23-22-18(26)13-7-9-14(10-8-13)32(29,30)21-11-12-31-2/h3-10,21H,11-12H2,1-2H3,(H,22,26)(H,23,27). The van der Waals surface area contributed by atoms with Crippen molar-refractivity contribution in [1.29, 1.82) is 0 Å². The van der Waals surface area contributed by atoms with Gasteiger partial charge >= 0.3 is 0 Å². The second kappa shape index (κ2) is 9.68.